The first-order valence-corrected chi connectivity index (χ1v) is 8.12. The fourth-order valence-electron chi connectivity index (χ4n) is 2.58. The first kappa shape index (κ1) is 18.6. The number of nitrogens with one attached hydrogen (secondary N) is 1. The zero-order valence-corrected chi connectivity index (χ0v) is 14.2. The number of rotatable bonds is 4. The highest BCUT2D eigenvalue weighted by molar-refractivity contribution is 6.02. The molecule has 1 amide bonds. The molecule has 0 fully saturated rings. The maximum atomic E-state index is 11.6. The summed E-state index contributed by atoms with van der Waals surface area (Å²) in [4.78, 5) is 11.6. The van der Waals surface area contributed by atoms with Gasteiger partial charge in [-0.2, -0.15) is 0 Å². The highest BCUT2D eigenvalue weighted by atomic mass is 16.3. The van der Waals surface area contributed by atoms with Crippen molar-refractivity contribution in [2.75, 3.05) is 23.8 Å². The molecule has 1 aliphatic rings. The van der Waals surface area contributed by atoms with Gasteiger partial charge in [0.05, 0.1) is 12.1 Å². The quantitative estimate of drug-likeness (QED) is 0.420. The Morgan fingerprint density at radius 1 is 1.20 bits per heavy atom. The van der Waals surface area contributed by atoms with E-state index in [1.807, 2.05) is 25.1 Å². The van der Waals surface area contributed by atoms with Crippen LogP contribution in [0.2, 0.25) is 0 Å². The van der Waals surface area contributed by atoms with Gasteiger partial charge in [-0.05, 0) is 42.8 Å². The number of nitrogens with zero attached hydrogens (tertiary/aromatic N) is 1. The molecule has 3 rings (SSSR count). The van der Waals surface area contributed by atoms with Crippen molar-refractivity contribution in [1.82, 2.24) is 5.43 Å². The SMILES string of the molecule is CCNN1C(=O)Cc2c(N)cccc21.NCCc1ccc(O)c(O)c1. The number of nitrogens with two attached hydrogens (primary N) is 2. The molecule has 7 nitrogen and oxygen atoms in total. The van der Waals surface area contributed by atoms with E-state index in [9.17, 15) is 4.79 Å². The van der Waals surface area contributed by atoms with Gasteiger partial charge in [-0.25, -0.2) is 10.4 Å². The van der Waals surface area contributed by atoms with Crippen molar-refractivity contribution in [2.45, 2.75) is 19.8 Å². The van der Waals surface area contributed by atoms with Gasteiger partial charge in [0.15, 0.2) is 11.5 Å². The smallest absolute Gasteiger partial charge is 0.245 e. The number of aromatic hydroxyl groups is 2. The van der Waals surface area contributed by atoms with E-state index in [0.717, 1.165) is 23.4 Å². The van der Waals surface area contributed by atoms with Crippen LogP contribution in [-0.4, -0.2) is 29.2 Å². The first-order valence-electron chi connectivity index (χ1n) is 8.12. The number of phenolic OH excluding ortho intramolecular Hbond substituents is 2. The van der Waals surface area contributed by atoms with E-state index in [2.05, 4.69) is 5.43 Å². The van der Waals surface area contributed by atoms with Crippen LogP contribution in [-0.2, 0) is 17.6 Å². The van der Waals surface area contributed by atoms with Crippen LogP contribution in [0.1, 0.15) is 18.1 Å². The Kier molecular flexibility index (Phi) is 6.21. The molecule has 0 radical (unpaired) electrons. The molecule has 0 saturated heterocycles. The number of benzene rings is 2. The van der Waals surface area contributed by atoms with E-state index in [1.54, 1.807) is 11.1 Å². The highest BCUT2D eigenvalue weighted by Crippen LogP contribution is 2.31. The first-order chi connectivity index (χ1) is 12.0. The van der Waals surface area contributed by atoms with Crippen molar-refractivity contribution in [2.24, 2.45) is 5.73 Å². The predicted molar refractivity (Wildman–Crippen MR) is 98.3 cm³/mol. The zero-order chi connectivity index (χ0) is 18.4. The van der Waals surface area contributed by atoms with E-state index in [1.165, 1.54) is 12.1 Å². The van der Waals surface area contributed by atoms with Crippen LogP contribution in [0.3, 0.4) is 0 Å². The molecule has 7 N–H and O–H groups in total. The second kappa shape index (κ2) is 8.36. The molecule has 0 bridgehead atoms. The number of nitrogen functional groups attached to an aromatic ring is 1. The average molecular weight is 344 g/mol. The van der Waals surface area contributed by atoms with E-state index in [-0.39, 0.29) is 17.4 Å². The van der Waals surface area contributed by atoms with Gasteiger partial charge < -0.3 is 21.7 Å². The minimum atomic E-state index is -0.0919. The monoisotopic (exact) mass is 344 g/mol. The molecule has 25 heavy (non-hydrogen) atoms. The Hall–Kier alpha value is -2.77. The molecule has 2 aromatic carbocycles. The van der Waals surface area contributed by atoms with Crippen LogP contribution in [0, 0.1) is 0 Å². The van der Waals surface area contributed by atoms with Crippen molar-refractivity contribution in [3.05, 3.63) is 47.5 Å². The van der Waals surface area contributed by atoms with Crippen molar-refractivity contribution < 1.29 is 15.0 Å². The molecular weight excluding hydrogens is 320 g/mol. The fraction of sp³-hybridized carbons (Fsp3) is 0.278. The summed E-state index contributed by atoms with van der Waals surface area (Å²) in [6.45, 7) is 3.22. The molecule has 2 aromatic rings. The predicted octanol–water partition coefficient (Wildman–Crippen LogP) is 1.28. The standard InChI is InChI=1S/C10H13N3O.C8H11NO2/c1-2-12-13-9-5-3-4-8(11)7(9)6-10(13)14;9-4-3-6-1-2-7(10)8(11)5-6/h3-5,12H,2,6,11H2,1H3;1-2,5,10-11H,3-4,9H2. The Bertz CT molecular complexity index is 749. The molecule has 0 unspecified atom stereocenters. The number of phenols is 2. The van der Waals surface area contributed by atoms with Crippen molar-refractivity contribution >= 4 is 17.3 Å². The largest absolute Gasteiger partial charge is 0.504 e. The summed E-state index contributed by atoms with van der Waals surface area (Å²) in [5.41, 5.74) is 17.5. The normalized spacial score (nSPS) is 12.6. The van der Waals surface area contributed by atoms with Gasteiger partial charge >= 0.3 is 0 Å². The zero-order valence-electron chi connectivity index (χ0n) is 14.2. The van der Waals surface area contributed by atoms with Crippen LogP contribution in [0.4, 0.5) is 11.4 Å². The van der Waals surface area contributed by atoms with Crippen molar-refractivity contribution in [1.29, 1.82) is 0 Å². The van der Waals surface area contributed by atoms with Crippen LogP contribution >= 0.6 is 0 Å². The van der Waals surface area contributed by atoms with E-state index in [4.69, 9.17) is 21.7 Å². The summed E-state index contributed by atoms with van der Waals surface area (Å²) in [7, 11) is 0. The number of fused-ring (bicyclic) bond motifs is 1. The van der Waals surface area contributed by atoms with Gasteiger partial charge in [0.25, 0.3) is 0 Å². The number of amides is 1. The number of anilines is 2. The minimum absolute atomic E-state index is 0.0553. The molecule has 0 saturated carbocycles. The Morgan fingerprint density at radius 2 is 1.96 bits per heavy atom. The van der Waals surface area contributed by atoms with Crippen molar-refractivity contribution in [3.63, 3.8) is 0 Å². The molecule has 134 valence electrons. The third kappa shape index (κ3) is 4.40. The maximum absolute atomic E-state index is 11.6. The lowest BCUT2D eigenvalue weighted by molar-refractivity contribution is -0.118. The van der Waals surface area contributed by atoms with Crippen LogP contribution in [0.5, 0.6) is 11.5 Å². The lowest BCUT2D eigenvalue weighted by Gasteiger charge is -2.17. The minimum Gasteiger partial charge on any atom is -0.504 e. The highest BCUT2D eigenvalue weighted by Gasteiger charge is 2.27. The van der Waals surface area contributed by atoms with Crippen LogP contribution in [0.25, 0.3) is 0 Å². The number of hydrogen-bond donors (Lipinski definition) is 5. The second-order valence-corrected chi connectivity index (χ2v) is 5.62. The molecular formula is C18H24N4O3. The van der Waals surface area contributed by atoms with Crippen molar-refractivity contribution in [3.8, 4) is 11.5 Å². The summed E-state index contributed by atoms with van der Waals surface area (Å²) in [6, 6.07) is 10.3. The average Bonchev–Trinajstić information content (AvgIpc) is 2.90. The molecule has 0 spiro atoms. The Morgan fingerprint density at radius 3 is 2.60 bits per heavy atom. The molecule has 0 aromatic heterocycles. The van der Waals surface area contributed by atoms with E-state index >= 15 is 0 Å². The number of carbonyl (C=O) groups is 1. The summed E-state index contributed by atoms with van der Waals surface area (Å²) in [5.74, 6) is -0.124. The van der Waals surface area contributed by atoms with Crippen LogP contribution in [0.15, 0.2) is 36.4 Å². The summed E-state index contributed by atoms with van der Waals surface area (Å²) < 4.78 is 0. The van der Waals surface area contributed by atoms with Gasteiger partial charge in [0.2, 0.25) is 5.91 Å². The third-order valence-corrected chi connectivity index (χ3v) is 3.79. The number of hydrogen-bond acceptors (Lipinski definition) is 6. The Labute approximate surface area is 146 Å². The van der Waals surface area contributed by atoms with Gasteiger partial charge in [0.1, 0.15) is 0 Å². The fourth-order valence-corrected chi connectivity index (χ4v) is 2.58. The van der Waals surface area contributed by atoms with Gasteiger partial charge in [-0.15, -0.1) is 0 Å². The lowest BCUT2D eigenvalue weighted by Crippen LogP contribution is -2.40. The van der Waals surface area contributed by atoms with Crippen LogP contribution < -0.4 is 21.9 Å². The molecule has 1 heterocycles. The summed E-state index contributed by atoms with van der Waals surface area (Å²) in [6.07, 6.45) is 1.11. The summed E-state index contributed by atoms with van der Waals surface area (Å²) in [5, 5.41) is 19.5. The van der Waals surface area contributed by atoms with Gasteiger partial charge in [-0.3, -0.25) is 4.79 Å². The lowest BCUT2D eigenvalue weighted by atomic mass is 10.1. The molecule has 0 aliphatic carbocycles. The summed E-state index contributed by atoms with van der Waals surface area (Å²) >= 11 is 0. The molecule has 1 aliphatic heterocycles. The molecule has 0 atom stereocenters. The number of hydrazine groups is 1. The second-order valence-electron chi connectivity index (χ2n) is 5.62. The topological polar surface area (TPSA) is 125 Å². The molecule has 7 heteroatoms. The third-order valence-electron chi connectivity index (χ3n) is 3.79. The van der Waals surface area contributed by atoms with Gasteiger partial charge in [0, 0.05) is 17.8 Å². The Balaban J connectivity index is 0.000000186. The van der Waals surface area contributed by atoms with E-state index in [0.29, 0.717) is 25.1 Å². The van der Waals surface area contributed by atoms with E-state index < -0.39 is 0 Å². The van der Waals surface area contributed by atoms with Gasteiger partial charge in [-0.1, -0.05) is 19.1 Å². The number of carbonyl (C=O) groups excluding carboxylic acids is 1. The maximum Gasteiger partial charge on any atom is 0.245 e.